The Morgan fingerprint density at radius 2 is 1.74 bits per heavy atom. The number of fused-ring (bicyclic) bond motifs is 1. The maximum absolute atomic E-state index is 13.2. The topological polar surface area (TPSA) is 136 Å². The summed E-state index contributed by atoms with van der Waals surface area (Å²) in [5.74, 6) is 0.530. The van der Waals surface area contributed by atoms with Crippen LogP contribution in [-0.4, -0.2) is 32.1 Å². The number of nitrogens with one attached hydrogen (secondary N) is 1. The summed E-state index contributed by atoms with van der Waals surface area (Å²) in [4.78, 5) is 33.8. The number of aromatic nitrogens is 4. The fourth-order valence-electron chi connectivity index (χ4n) is 3.83. The van der Waals surface area contributed by atoms with Crippen LogP contribution in [0.15, 0.2) is 64.2 Å². The lowest BCUT2D eigenvalue weighted by molar-refractivity contribution is 0.386. The number of aryl methyl sites for hydroxylation is 2. The lowest BCUT2D eigenvalue weighted by Gasteiger charge is -2.11. The van der Waals surface area contributed by atoms with Gasteiger partial charge in [0, 0.05) is 19.5 Å². The number of aromatic amines is 1. The van der Waals surface area contributed by atoms with Crippen LogP contribution in [0.25, 0.3) is 11.2 Å². The zero-order valence-corrected chi connectivity index (χ0v) is 19.3. The van der Waals surface area contributed by atoms with E-state index in [4.69, 9.17) is 4.55 Å². The average molecular weight is 485 g/mol. The Labute approximate surface area is 195 Å². The van der Waals surface area contributed by atoms with Crippen LogP contribution in [0.1, 0.15) is 30.3 Å². The van der Waals surface area contributed by atoms with E-state index in [0.29, 0.717) is 30.7 Å². The van der Waals surface area contributed by atoms with Crippen molar-refractivity contribution in [2.24, 2.45) is 0 Å². The average Bonchev–Trinajstić information content (AvgIpc) is 3.20. The van der Waals surface area contributed by atoms with Crippen LogP contribution < -0.4 is 15.4 Å². The van der Waals surface area contributed by atoms with Gasteiger partial charge in [-0.2, -0.15) is 8.42 Å². The Kier molecular flexibility index (Phi) is 6.66. The molecule has 34 heavy (non-hydrogen) atoms. The van der Waals surface area contributed by atoms with E-state index in [-0.39, 0.29) is 30.0 Å². The van der Waals surface area contributed by atoms with Gasteiger partial charge in [-0.25, -0.2) is 9.78 Å². The summed E-state index contributed by atoms with van der Waals surface area (Å²) < 4.78 is 38.0. The number of H-pyrrole nitrogens is 1. The first-order valence-corrected chi connectivity index (χ1v) is 12.1. The first kappa shape index (κ1) is 23.5. The van der Waals surface area contributed by atoms with Crippen LogP contribution in [0.3, 0.4) is 0 Å². The monoisotopic (exact) mass is 484 g/mol. The largest absolute Gasteiger partial charge is 0.446 e. The molecule has 2 heterocycles. The van der Waals surface area contributed by atoms with Gasteiger partial charge in [-0.1, -0.05) is 49.4 Å². The number of imidazole rings is 1. The van der Waals surface area contributed by atoms with E-state index in [1.807, 2.05) is 37.3 Å². The van der Waals surface area contributed by atoms with Crippen molar-refractivity contribution in [3.05, 3.63) is 92.4 Å². The van der Waals surface area contributed by atoms with E-state index in [0.717, 1.165) is 5.56 Å². The van der Waals surface area contributed by atoms with E-state index >= 15 is 0 Å². The zero-order valence-electron chi connectivity index (χ0n) is 18.5. The highest BCUT2D eigenvalue weighted by Crippen LogP contribution is 2.17. The molecule has 0 saturated carbocycles. The van der Waals surface area contributed by atoms with Crippen molar-refractivity contribution in [1.82, 2.24) is 19.1 Å². The van der Waals surface area contributed by atoms with Crippen molar-refractivity contribution in [3.8, 4) is 5.75 Å². The fourth-order valence-corrected chi connectivity index (χ4v) is 4.17. The quantitative estimate of drug-likeness (QED) is 0.348. The standard InChI is InChI=1S/C23H24N4O6S/c1-2-12-27-22(28)20-21(25-19(24-20)15-16-7-4-3-5-8-16)26(23(27)29)13-11-17-9-6-10-18(14-17)33-34(30,31)32/h3-10,14H,2,11-13,15H2,1H3,(H,24,25)(H,30,31,32). The van der Waals surface area contributed by atoms with Gasteiger partial charge < -0.3 is 9.17 Å². The predicted molar refractivity (Wildman–Crippen MR) is 126 cm³/mol. The van der Waals surface area contributed by atoms with Gasteiger partial charge in [0.25, 0.3) is 5.56 Å². The van der Waals surface area contributed by atoms with Crippen LogP contribution in [0, 0.1) is 0 Å². The van der Waals surface area contributed by atoms with Crippen molar-refractivity contribution >= 4 is 21.6 Å². The third-order valence-electron chi connectivity index (χ3n) is 5.30. The summed E-state index contributed by atoms with van der Waals surface area (Å²) in [5, 5.41) is 0. The Bertz CT molecular complexity index is 1540. The molecule has 2 N–H and O–H groups in total. The molecule has 2 aromatic carbocycles. The van der Waals surface area contributed by atoms with Gasteiger partial charge in [-0.3, -0.25) is 18.5 Å². The van der Waals surface area contributed by atoms with Gasteiger partial charge in [0.2, 0.25) is 0 Å². The third kappa shape index (κ3) is 5.26. The van der Waals surface area contributed by atoms with E-state index < -0.39 is 21.6 Å². The van der Waals surface area contributed by atoms with Gasteiger partial charge in [0.15, 0.2) is 5.65 Å². The van der Waals surface area contributed by atoms with Crippen LogP contribution in [0.4, 0.5) is 0 Å². The molecule has 4 aromatic rings. The van der Waals surface area contributed by atoms with Gasteiger partial charge in [-0.15, -0.1) is 0 Å². The highest BCUT2D eigenvalue weighted by molar-refractivity contribution is 7.81. The number of rotatable bonds is 9. The molecule has 178 valence electrons. The fraction of sp³-hybridized carbons (Fsp3) is 0.261. The maximum Gasteiger partial charge on any atom is 0.446 e. The number of nitrogens with zero attached hydrogens (tertiary/aromatic N) is 3. The molecule has 0 fully saturated rings. The molecule has 0 amide bonds. The number of hydrogen-bond donors (Lipinski definition) is 2. The molecule has 11 heteroatoms. The molecule has 4 rings (SSSR count). The maximum atomic E-state index is 13.2. The smallest absolute Gasteiger partial charge is 0.362 e. The van der Waals surface area contributed by atoms with Gasteiger partial charge in [-0.05, 0) is 36.1 Å². The first-order valence-electron chi connectivity index (χ1n) is 10.8. The summed E-state index contributed by atoms with van der Waals surface area (Å²) >= 11 is 0. The van der Waals surface area contributed by atoms with Crippen LogP contribution in [-0.2, 0) is 36.3 Å². The van der Waals surface area contributed by atoms with Gasteiger partial charge >= 0.3 is 16.1 Å². The molecular weight excluding hydrogens is 460 g/mol. The summed E-state index contributed by atoms with van der Waals surface area (Å²) in [5.41, 5.74) is 1.37. The number of benzene rings is 2. The molecule has 0 aliphatic heterocycles. The summed E-state index contributed by atoms with van der Waals surface area (Å²) in [6.07, 6.45) is 1.43. The van der Waals surface area contributed by atoms with E-state index in [1.165, 1.54) is 21.3 Å². The molecule has 0 bridgehead atoms. The zero-order chi connectivity index (χ0) is 24.3. The number of hydrogen-bond acceptors (Lipinski definition) is 6. The SMILES string of the molecule is CCCn1c(=O)c2[nH]c(Cc3ccccc3)nc2n(CCc2cccc(OS(=O)(=O)O)c2)c1=O. The molecule has 0 radical (unpaired) electrons. The minimum absolute atomic E-state index is 0.0432. The lowest BCUT2D eigenvalue weighted by Crippen LogP contribution is -2.40. The second-order valence-electron chi connectivity index (χ2n) is 7.84. The molecule has 0 spiro atoms. The normalized spacial score (nSPS) is 11.7. The second-order valence-corrected chi connectivity index (χ2v) is 8.87. The third-order valence-corrected chi connectivity index (χ3v) is 5.70. The molecule has 0 atom stereocenters. The van der Waals surface area contributed by atoms with E-state index in [2.05, 4.69) is 14.2 Å². The van der Waals surface area contributed by atoms with Crippen molar-refractivity contribution in [3.63, 3.8) is 0 Å². The molecule has 0 aliphatic carbocycles. The van der Waals surface area contributed by atoms with Crippen molar-refractivity contribution in [2.45, 2.75) is 39.3 Å². The molecule has 0 saturated heterocycles. The summed E-state index contributed by atoms with van der Waals surface area (Å²) in [7, 11) is -4.64. The molecule has 0 aliphatic rings. The Morgan fingerprint density at radius 1 is 1.00 bits per heavy atom. The van der Waals surface area contributed by atoms with Crippen molar-refractivity contribution < 1.29 is 17.2 Å². The predicted octanol–water partition coefficient (Wildman–Crippen LogP) is 2.31. The molecule has 0 unspecified atom stereocenters. The Hall–Kier alpha value is -3.70. The Balaban J connectivity index is 1.71. The highest BCUT2D eigenvalue weighted by Gasteiger charge is 2.17. The van der Waals surface area contributed by atoms with Gasteiger partial charge in [0.05, 0.1) is 0 Å². The van der Waals surface area contributed by atoms with Crippen LogP contribution >= 0.6 is 0 Å². The second kappa shape index (κ2) is 9.65. The van der Waals surface area contributed by atoms with Gasteiger partial charge in [0.1, 0.15) is 17.1 Å². The molecule has 10 nitrogen and oxygen atoms in total. The summed E-state index contributed by atoms with van der Waals surface area (Å²) in [6, 6.07) is 15.8. The van der Waals surface area contributed by atoms with Crippen LogP contribution in [0.2, 0.25) is 0 Å². The highest BCUT2D eigenvalue weighted by atomic mass is 32.3. The first-order chi connectivity index (χ1) is 16.2. The lowest BCUT2D eigenvalue weighted by atomic mass is 10.1. The van der Waals surface area contributed by atoms with Crippen molar-refractivity contribution in [2.75, 3.05) is 0 Å². The van der Waals surface area contributed by atoms with E-state index in [1.54, 1.807) is 12.1 Å². The van der Waals surface area contributed by atoms with E-state index in [9.17, 15) is 18.0 Å². The molecular formula is C23H24N4O6S. The van der Waals surface area contributed by atoms with Crippen LogP contribution in [0.5, 0.6) is 5.75 Å². The van der Waals surface area contributed by atoms with Crippen molar-refractivity contribution in [1.29, 1.82) is 0 Å². The Morgan fingerprint density at radius 3 is 2.44 bits per heavy atom. The minimum Gasteiger partial charge on any atom is -0.362 e. The minimum atomic E-state index is -4.64. The molecule has 2 aromatic heterocycles. The summed E-state index contributed by atoms with van der Waals surface area (Å²) in [6.45, 7) is 2.36.